The molecule has 0 fully saturated rings. The lowest BCUT2D eigenvalue weighted by molar-refractivity contribution is -0.870. The minimum Gasteiger partial charge on any atom is -1.00 e. The van der Waals surface area contributed by atoms with Crippen LogP contribution < -0.4 is 17.5 Å². The van der Waals surface area contributed by atoms with Crippen molar-refractivity contribution in [2.75, 3.05) is 68.6 Å². The molecule has 30 heavy (non-hydrogen) atoms. The molecular formula is C21H39ClN2O6. The van der Waals surface area contributed by atoms with Crippen LogP contribution in [0.1, 0.15) is 13.8 Å². The zero-order chi connectivity index (χ0) is 23.8. The SMILES string of the molecule is C=C(C)C(=O)OCC[N+](C)(C)C.C=C(C)C(=O)OCC[N+](C)(C)C.C=CC(=O)[O-].[Cl-]. The first-order chi connectivity index (χ1) is 12.9. The van der Waals surface area contributed by atoms with E-state index in [0.29, 0.717) is 24.4 Å². The van der Waals surface area contributed by atoms with Crippen LogP contribution in [0.25, 0.3) is 0 Å². The van der Waals surface area contributed by atoms with Crippen LogP contribution in [0.4, 0.5) is 0 Å². The number of carbonyl (C=O) groups excluding carboxylic acids is 3. The molecule has 0 aromatic heterocycles. The van der Waals surface area contributed by atoms with E-state index in [1.54, 1.807) is 13.8 Å². The van der Waals surface area contributed by atoms with Crippen molar-refractivity contribution in [1.82, 2.24) is 0 Å². The Morgan fingerprint density at radius 3 is 1.17 bits per heavy atom. The summed E-state index contributed by atoms with van der Waals surface area (Å²) in [5.74, 6) is -1.84. The van der Waals surface area contributed by atoms with Gasteiger partial charge >= 0.3 is 11.9 Å². The first-order valence-electron chi connectivity index (χ1n) is 9.02. The van der Waals surface area contributed by atoms with Crippen molar-refractivity contribution in [2.45, 2.75) is 13.8 Å². The molecule has 0 aromatic carbocycles. The third-order valence-corrected chi connectivity index (χ3v) is 2.85. The molecule has 0 unspecified atom stereocenters. The fourth-order valence-corrected chi connectivity index (χ4v) is 1.07. The number of rotatable bonds is 9. The van der Waals surface area contributed by atoms with Crippen LogP contribution in [-0.4, -0.2) is 95.5 Å². The largest absolute Gasteiger partial charge is 1.00 e. The molecule has 0 N–H and O–H groups in total. The zero-order valence-corrected chi connectivity index (χ0v) is 20.5. The molecule has 0 saturated carbocycles. The minimum absolute atomic E-state index is 0. The quantitative estimate of drug-likeness (QED) is 0.220. The highest BCUT2D eigenvalue weighted by Crippen LogP contribution is 1.95. The number of carbonyl (C=O) groups is 3. The van der Waals surface area contributed by atoms with Crippen LogP contribution in [0.2, 0.25) is 0 Å². The number of carboxylic acids is 1. The van der Waals surface area contributed by atoms with Crippen molar-refractivity contribution in [3.8, 4) is 0 Å². The van der Waals surface area contributed by atoms with E-state index < -0.39 is 5.97 Å². The molecule has 0 heterocycles. The minimum atomic E-state index is -1.23. The number of hydrogen-bond donors (Lipinski definition) is 0. The molecule has 8 nitrogen and oxygen atoms in total. The normalized spacial score (nSPS) is 9.87. The van der Waals surface area contributed by atoms with Gasteiger partial charge in [-0.2, -0.15) is 0 Å². The lowest BCUT2D eigenvalue weighted by atomic mass is 10.4. The lowest BCUT2D eigenvalue weighted by Crippen LogP contribution is -3.00. The molecule has 0 radical (unpaired) electrons. The summed E-state index contributed by atoms with van der Waals surface area (Å²) in [6.45, 7) is 15.7. The first-order valence-corrected chi connectivity index (χ1v) is 9.02. The molecule has 0 atom stereocenters. The maximum atomic E-state index is 10.9. The number of nitrogens with zero attached hydrogens (tertiary/aromatic N) is 2. The van der Waals surface area contributed by atoms with Crippen LogP contribution >= 0.6 is 0 Å². The number of likely N-dealkylation sites (N-methyl/N-ethyl adjacent to an activating group) is 2. The number of aliphatic carboxylic acids is 1. The van der Waals surface area contributed by atoms with Gasteiger partial charge in [0.05, 0.1) is 48.3 Å². The Hall–Kier alpha value is -2.16. The highest BCUT2D eigenvalue weighted by atomic mass is 35.5. The van der Waals surface area contributed by atoms with Crippen molar-refractivity contribution >= 4 is 17.9 Å². The van der Waals surface area contributed by atoms with Gasteiger partial charge in [-0.3, -0.25) is 0 Å². The van der Waals surface area contributed by atoms with E-state index in [1.807, 2.05) is 0 Å². The Labute approximate surface area is 188 Å². The number of ether oxygens (including phenoxy) is 2. The van der Waals surface area contributed by atoms with Crippen LogP contribution in [0.5, 0.6) is 0 Å². The smallest absolute Gasteiger partial charge is 0.333 e. The highest BCUT2D eigenvalue weighted by Gasteiger charge is 2.10. The summed E-state index contributed by atoms with van der Waals surface area (Å²) >= 11 is 0. The second-order valence-corrected chi connectivity index (χ2v) is 8.38. The summed E-state index contributed by atoms with van der Waals surface area (Å²) < 4.78 is 11.4. The van der Waals surface area contributed by atoms with Crippen LogP contribution in [0.3, 0.4) is 0 Å². The van der Waals surface area contributed by atoms with Gasteiger partial charge < -0.3 is 40.7 Å². The van der Waals surface area contributed by atoms with Gasteiger partial charge in [0.1, 0.15) is 26.3 Å². The molecule has 0 aliphatic rings. The summed E-state index contributed by atoms with van der Waals surface area (Å²) in [6, 6.07) is 0. The summed E-state index contributed by atoms with van der Waals surface area (Å²) in [6.07, 6.45) is 0.722. The van der Waals surface area contributed by atoms with Gasteiger partial charge in [-0.05, 0) is 19.9 Å². The third-order valence-electron chi connectivity index (χ3n) is 2.85. The van der Waals surface area contributed by atoms with Crippen molar-refractivity contribution in [3.05, 3.63) is 37.0 Å². The van der Waals surface area contributed by atoms with E-state index in [2.05, 4.69) is 62.0 Å². The van der Waals surface area contributed by atoms with Gasteiger partial charge in [-0.1, -0.05) is 19.7 Å². The molecule has 0 aliphatic heterocycles. The van der Waals surface area contributed by atoms with Gasteiger partial charge in [-0.15, -0.1) is 0 Å². The topological polar surface area (TPSA) is 92.7 Å². The number of halogens is 1. The van der Waals surface area contributed by atoms with Crippen molar-refractivity contribution < 1.29 is 50.3 Å². The van der Waals surface area contributed by atoms with Crippen LogP contribution in [-0.2, 0) is 23.9 Å². The fourth-order valence-electron chi connectivity index (χ4n) is 1.07. The summed E-state index contributed by atoms with van der Waals surface area (Å²) in [4.78, 5) is 30.9. The standard InChI is InChI=1S/2C9H18NO2.C3H4O2.ClH/c2*1-8(2)9(11)12-7-6-10(3,4)5;1-2-3(4)5;/h2*1,6-7H2,2-5H3;2H,1H2,(H,4,5);1H/q2*+1;;/p-2. The Morgan fingerprint density at radius 2 is 1.03 bits per heavy atom. The first kappa shape index (κ1) is 35.3. The Bertz CT molecular complexity index is 533. The van der Waals surface area contributed by atoms with Gasteiger partial charge in [-0.25, -0.2) is 9.59 Å². The van der Waals surface area contributed by atoms with Crippen LogP contribution in [0.15, 0.2) is 37.0 Å². The van der Waals surface area contributed by atoms with Gasteiger partial charge in [0.2, 0.25) is 0 Å². The Morgan fingerprint density at radius 1 is 0.800 bits per heavy atom. The number of esters is 2. The van der Waals surface area contributed by atoms with E-state index in [-0.39, 0.29) is 24.3 Å². The maximum absolute atomic E-state index is 10.9. The Kier molecular flexibility index (Phi) is 20.8. The molecule has 0 aliphatic carbocycles. The second-order valence-electron chi connectivity index (χ2n) is 8.38. The van der Waals surface area contributed by atoms with Crippen molar-refractivity contribution in [1.29, 1.82) is 0 Å². The summed E-state index contributed by atoms with van der Waals surface area (Å²) in [5.41, 5.74) is 0.910. The van der Waals surface area contributed by atoms with E-state index >= 15 is 0 Å². The molecule has 0 saturated heterocycles. The molecule has 176 valence electrons. The van der Waals surface area contributed by atoms with Gasteiger partial charge in [0, 0.05) is 11.1 Å². The maximum Gasteiger partial charge on any atom is 0.333 e. The molecule has 9 heteroatoms. The monoisotopic (exact) mass is 450 g/mol. The van der Waals surface area contributed by atoms with Crippen molar-refractivity contribution in [3.63, 3.8) is 0 Å². The van der Waals surface area contributed by atoms with E-state index in [1.165, 1.54) is 0 Å². The predicted octanol–water partition coefficient (Wildman–Crippen LogP) is -2.45. The van der Waals surface area contributed by atoms with E-state index in [9.17, 15) is 9.59 Å². The van der Waals surface area contributed by atoms with Crippen LogP contribution in [0, 0.1) is 0 Å². The number of hydrogen-bond acceptors (Lipinski definition) is 6. The highest BCUT2D eigenvalue weighted by molar-refractivity contribution is 5.87. The Balaban J connectivity index is -0.000000180. The fraction of sp³-hybridized carbons (Fsp3) is 0.571. The molecule has 0 spiro atoms. The number of quaternary nitrogens is 2. The lowest BCUT2D eigenvalue weighted by Gasteiger charge is -2.23. The molecular weight excluding hydrogens is 412 g/mol. The number of carboxylic acid groups (broad SMARTS) is 1. The molecule has 0 aromatic rings. The van der Waals surface area contributed by atoms with E-state index in [4.69, 9.17) is 19.4 Å². The van der Waals surface area contributed by atoms with Crippen molar-refractivity contribution in [2.24, 2.45) is 0 Å². The van der Waals surface area contributed by atoms with Gasteiger partial charge in [0.15, 0.2) is 0 Å². The van der Waals surface area contributed by atoms with Gasteiger partial charge in [0.25, 0.3) is 0 Å². The summed E-state index contributed by atoms with van der Waals surface area (Å²) in [7, 11) is 12.3. The predicted molar refractivity (Wildman–Crippen MR) is 113 cm³/mol. The summed E-state index contributed by atoms with van der Waals surface area (Å²) in [5, 5.41) is 9.14. The third kappa shape index (κ3) is 33.4. The molecule has 0 bridgehead atoms. The van der Waals surface area contributed by atoms with E-state index in [0.717, 1.165) is 28.1 Å². The molecule has 0 amide bonds. The molecule has 0 rings (SSSR count). The average molecular weight is 451 g/mol. The zero-order valence-electron chi connectivity index (χ0n) is 19.7. The average Bonchev–Trinajstić information content (AvgIpc) is 2.53. The second kappa shape index (κ2) is 17.7.